The molecule has 8 aromatic rings. The fourth-order valence-electron chi connectivity index (χ4n) is 5.34. The Morgan fingerprint density at radius 3 is 1.79 bits per heavy atom. The second kappa shape index (κ2) is 9.87. The molecule has 4 aromatic heterocycles. The van der Waals surface area contributed by atoms with Crippen molar-refractivity contribution in [2.24, 2.45) is 0 Å². The first-order valence-electron chi connectivity index (χ1n) is 13.4. The van der Waals surface area contributed by atoms with Crippen LogP contribution in [0.5, 0.6) is 0 Å². The molecule has 4 heterocycles. The third-order valence-corrected chi connectivity index (χ3v) is 7.27. The summed E-state index contributed by atoms with van der Waals surface area (Å²) in [7, 11) is 0. The average Bonchev–Trinajstić information content (AvgIpc) is 3.08. The van der Waals surface area contributed by atoms with Crippen LogP contribution in [0.1, 0.15) is 0 Å². The molecule has 8 heteroatoms. The van der Waals surface area contributed by atoms with Crippen LogP contribution in [0.2, 0.25) is 0 Å². The van der Waals surface area contributed by atoms with Crippen LogP contribution in [-0.4, -0.2) is 39.9 Å². The minimum atomic E-state index is 0.531. The summed E-state index contributed by atoms with van der Waals surface area (Å²) in [5.41, 5.74) is 3.21. The van der Waals surface area contributed by atoms with E-state index >= 15 is 0 Å². The van der Waals surface area contributed by atoms with Gasteiger partial charge in [0.15, 0.2) is 23.3 Å². The summed E-state index contributed by atoms with van der Waals surface area (Å²) >= 11 is 0. The van der Waals surface area contributed by atoms with E-state index in [-0.39, 0.29) is 0 Å². The number of aromatic nitrogens is 8. The summed E-state index contributed by atoms with van der Waals surface area (Å²) in [6.07, 6.45) is 6.55. The van der Waals surface area contributed by atoms with Gasteiger partial charge in [-0.25, -0.2) is 29.9 Å². The lowest BCUT2D eigenvalue weighted by Gasteiger charge is -2.14. The van der Waals surface area contributed by atoms with Gasteiger partial charge in [0, 0.05) is 23.5 Å². The SMILES string of the molecule is c1ccc(-c2ncnc(-c3ccc4ccc5c(-c6ncnc(-c7ccccn7)n6)cc6ccccc6c5c4c3)n2)nc1. The zero-order valence-electron chi connectivity index (χ0n) is 22.1. The fourth-order valence-corrected chi connectivity index (χ4v) is 5.34. The number of nitrogens with zero attached hydrogens (tertiary/aromatic N) is 8. The molecule has 0 aliphatic carbocycles. The molecule has 0 aliphatic heterocycles. The smallest absolute Gasteiger partial charge is 0.181 e. The maximum atomic E-state index is 4.84. The van der Waals surface area contributed by atoms with Gasteiger partial charge in [-0.05, 0) is 68.7 Å². The Kier molecular flexibility index (Phi) is 5.60. The highest BCUT2D eigenvalue weighted by Crippen LogP contribution is 2.39. The number of hydrogen-bond donors (Lipinski definition) is 0. The highest BCUT2D eigenvalue weighted by atomic mass is 15.0. The van der Waals surface area contributed by atoms with E-state index in [4.69, 9.17) is 9.97 Å². The van der Waals surface area contributed by atoms with Crippen molar-refractivity contribution in [1.82, 2.24) is 39.9 Å². The van der Waals surface area contributed by atoms with Crippen LogP contribution < -0.4 is 0 Å². The summed E-state index contributed by atoms with van der Waals surface area (Å²) in [4.78, 5) is 36.3. The minimum absolute atomic E-state index is 0.531. The molecule has 0 spiro atoms. The molecule has 0 aliphatic rings. The second-order valence-corrected chi connectivity index (χ2v) is 9.76. The van der Waals surface area contributed by atoms with Crippen LogP contribution in [0.3, 0.4) is 0 Å². The van der Waals surface area contributed by atoms with Crippen molar-refractivity contribution in [3.05, 3.63) is 122 Å². The highest BCUT2D eigenvalue weighted by Gasteiger charge is 2.16. The quantitative estimate of drug-likeness (QED) is 0.220. The summed E-state index contributed by atoms with van der Waals surface area (Å²) in [6.45, 7) is 0. The van der Waals surface area contributed by atoms with Gasteiger partial charge in [-0.15, -0.1) is 0 Å². The average molecular weight is 541 g/mol. The third-order valence-electron chi connectivity index (χ3n) is 7.27. The zero-order chi connectivity index (χ0) is 27.9. The first kappa shape index (κ1) is 23.8. The number of fused-ring (bicyclic) bond motifs is 5. The van der Waals surface area contributed by atoms with E-state index < -0.39 is 0 Å². The van der Waals surface area contributed by atoms with E-state index in [9.17, 15) is 0 Å². The lowest BCUT2D eigenvalue weighted by atomic mass is 9.92. The fraction of sp³-hybridized carbons (Fsp3) is 0. The van der Waals surface area contributed by atoms with Crippen molar-refractivity contribution < 1.29 is 0 Å². The maximum absolute atomic E-state index is 4.84. The molecule has 196 valence electrons. The van der Waals surface area contributed by atoms with Gasteiger partial charge in [0.25, 0.3) is 0 Å². The van der Waals surface area contributed by atoms with E-state index in [0.717, 1.165) is 43.4 Å². The van der Waals surface area contributed by atoms with Crippen molar-refractivity contribution in [3.8, 4) is 45.8 Å². The lowest BCUT2D eigenvalue weighted by molar-refractivity contribution is 1.05. The van der Waals surface area contributed by atoms with Gasteiger partial charge in [-0.3, -0.25) is 9.97 Å². The predicted octanol–water partition coefficient (Wildman–Crippen LogP) is 6.97. The molecule has 0 amide bonds. The molecule has 0 N–H and O–H groups in total. The molecule has 0 saturated heterocycles. The molecule has 8 rings (SSSR count). The van der Waals surface area contributed by atoms with Crippen LogP contribution in [0.15, 0.2) is 122 Å². The molecule has 0 fully saturated rings. The Morgan fingerprint density at radius 2 is 1.05 bits per heavy atom. The molecule has 0 bridgehead atoms. The van der Waals surface area contributed by atoms with Gasteiger partial charge in [0.2, 0.25) is 0 Å². The van der Waals surface area contributed by atoms with Crippen molar-refractivity contribution >= 4 is 32.3 Å². The maximum Gasteiger partial charge on any atom is 0.181 e. The number of rotatable bonds is 4. The van der Waals surface area contributed by atoms with Crippen molar-refractivity contribution in [2.45, 2.75) is 0 Å². The molecule has 4 aromatic carbocycles. The van der Waals surface area contributed by atoms with Gasteiger partial charge in [-0.2, -0.15) is 0 Å². The van der Waals surface area contributed by atoms with Crippen LogP contribution in [-0.2, 0) is 0 Å². The molecule has 0 radical (unpaired) electrons. The predicted molar refractivity (Wildman–Crippen MR) is 163 cm³/mol. The van der Waals surface area contributed by atoms with Gasteiger partial charge in [-0.1, -0.05) is 60.7 Å². The van der Waals surface area contributed by atoms with E-state index in [2.05, 4.69) is 78.4 Å². The van der Waals surface area contributed by atoms with Crippen LogP contribution in [0, 0.1) is 0 Å². The summed E-state index contributed by atoms with van der Waals surface area (Å²) in [5.74, 6) is 2.24. The number of hydrogen-bond acceptors (Lipinski definition) is 8. The van der Waals surface area contributed by atoms with E-state index in [0.29, 0.717) is 34.7 Å². The Labute approximate surface area is 239 Å². The van der Waals surface area contributed by atoms with Gasteiger partial charge < -0.3 is 0 Å². The topological polar surface area (TPSA) is 103 Å². The molecule has 0 saturated carbocycles. The molecular formula is C34H20N8. The Morgan fingerprint density at radius 1 is 0.405 bits per heavy atom. The molecule has 42 heavy (non-hydrogen) atoms. The zero-order valence-corrected chi connectivity index (χ0v) is 22.1. The second-order valence-electron chi connectivity index (χ2n) is 9.76. The van der Waals surface area contributed by atoms with E-state index in [1.54, 1.807) is 18.7 Å². The number of benzene rings is 4. The van der Waals surface area contributed by atoms with Crippen molar-refractivity contribution in [3.63, 3.8) is 0 Å². The normalized spacial score (nSPS) is 11.3. The van der Waals surface area contributed by atoms with Crippen molar-refractivity contribution in [2.75, 3.05) is 0 Å². The largest absolute Gasteiger partial charge is 0.253 e. The van der Waals surface area contributed by atoms with Crippen LogP contribution in [0.4, 0.5) is 0 Å². The molecular weight excluding hydrogens is 520 g/mol. The van der Waals surface area contributed by atoms with Gasteiger partial charge >= 0.3 is 0 Å². The lowest BCUT2D eigenvalue weighted by Crippen LogP contribution is -1.98. The molecule has 0 atom stereocenters. The Balaban J connectivity index is 1.36. The first-order chi connectivity index (χ1) is 20.8. The third kappa shape index (κ3) is 4.10. The molecule has 8 nitrogen and oxygen atoms in total. The monoisotopic (exact) mass is 540 g/mol. The highest BCUT2D eigenvalue weighted by molar-refractivity contribution is 6.24. The van der Waals surface area contributed by atoms with E-state index in [1.165, 1.54) is 6.33 Å². The molecule has 0 unspecified atom stereocenters. The summed E-state index contributed by atoms with van der Waals surface area (Å²) < 4.78 is 0. The summed E-state index contributed by atoms with van der Waals surface area (Å²) in [5, 5.41) is 6.58. The van der Waals surface area contributed by atoms with Gasteiger partial charge in [0.1, 0.15) is 24.0 Å². The van der Waals surface area contributed by atoms with Crippen LogP contribution >= 0.6 is 0 Å². The van der Waals surface area contributed by atoms with Gasteiger partial charge in [0.05, 0.1) is 0 Å². The van der Waals surface area contributed by atoms with Crippen molar-refractivity contribution in [1.29, 1.82) is 0 Å². The standard InChI is InChI=1S/C34H20N8/c1-2-8-24-22(7-1)17-27(32-38-20-40-34(42-32)29-10-4-6-16-36-29)25-14-13-21-11-12-23(18-26(21)30(24)25)31-37-19-39-33(41-31)28-9-3-5-15-35-28/h1-20H. The Hall–Kier alpha value is -6.02. The van der Waals surface area contributed by atoms with Crippen LogP contribution in [0.25, 0.3) is 78.1 Å². The Bertz CT molecular complexity index is 2250. The first-order valence-corrected chi connectivity index (χ1v) is 13.4. The summed E-state index contributed by atoms with van der Waals surface area (Å²) in [6, 6.07) is 32.5. The number of pyridine rings is 2. The minimum Gasteiger partial charge on any atom is -0.253 e. The van der Waals surface area contributed by atoms with E-state index in [1.807, 2.05) is 48.5 Å².